The summed E-state index contributed by atoms with van der Waals surface area (Å²) in [6.45, 7) is 9.59. The molecule has 0 heterocycles. The van der Waals surface area contributed by atoms with Gasteiger partial charge >= 0.3 is 95.9 Å². The Balaban J connectivity index is 4.16. The van der Waals surface area contributed by atoms with Gasteiger partial charge in [0.2, 0.25) is 0 Å². The standard InChI is InChI=1S/3C4H9.CH3.Sn/c3*1-3-4-2;;/h3H,4H2,1-2H3;2*1,3-4H2,2H3;1H3;. The van der Waals surface area contributed by atoms with Gasteiger partial charge in [0.1, 0.15) is 0 Å². The van der Waals surface area contributed by atoms with Crippen LogP contribution in [0.4, 0.5) is 0 Å². The molecule has 14 heavy (non-hydrogen) atoms. The van der Waals surface area contributed by atoms with Crippen molar-refractivity contribution in [2.75, 3.05) is 0 Å². The van der Waals surface area contributed by atoms with Crippen molar-refractivity contribution >= 4 is 18.4 Å². The van der Waals surface area contributed by atoms with E-state index in [1.807, 2.05) is 0 Å². The van der Waals surface area contributed by atoms with Gasteiger partial charge in [-0.15, -0.1) is 0 Å². The Kier molecular flexibility index (Phi) is 8.47. The summed E-state index contributed by atoms with van der Waals surface area (Å²) in [6.07, 6.45) is 7.23. The Morgan fingerprint density at radius 1 is 0.929 bits per heavy atom. The molecule has 0 aromatic carbocycles. The predicted molar refractivity (Wildman–Crippen MR) is 70.8 cm³/mol. The molecule has 0 bridgehead atoms. The summed E-state index contributed by atoms with van der Waals surface area (Å²) in [6, 6.07) is 0. The summed E-state index contributed by atoms with van der Waals surface area (Å²) in [5.74, 6) is 0. The van der Waals surface area contributed by atoms with Gasteiger partial charge in [0.15, 0.2) is 0 Å². The average molecular weight is 305 g/mol. The van der Waals surface area contributed by atoms with Crippen LogP contribution in [-0.4, -0.2) is 18.4 Å². The first kappa shape index (κ1) is 14.8. The zero-order valence-corrected chi connectivity index (χ0v) is 13.9. The molecule has 1 heteroatoms. The van der Waals surface area contributed by atoms with Gasteiger partial charge in [-0.1, -0.05) is 0 Å². The monoisotopic (exact) mass is 306 g/mol. The average Bonchev–Trinajstić information content (AvgIpc) is 2.22. The molecule has 0 saturated carbocycles. The SMILES string of the molecule is CCC[CH2][Sn]([CH3])([CH2]CCC)[CH](C)CC. The molecule has 0 aliphatic heterocycles. The molecule has 0 nitrogen and oxygen atoms in total. The molecule has 1 unspecified atom stereocenters. The van der Waals surface area contributed by atoms with Crippen LogP contribution in [0.1, 0.15) is 59.8 Å². The second kappa shape index (κ2) is 8.01. The fourth-order valence-corrected chi connectivity index (χ4v) is 15.2. The van der Waals surface area contributed by atoms with Crippen LogP contribution in [0.3, 0.4) is 0 Å². The third kappa shape index (κ3) is 5.04. The first-order valence-electron chi connectivity index (χ1n) is 6.60. The Bertz CT molecular complexity index is 123. The zero-order valence-electron chi connectivity index (χ0n) is 11.0. The third-order valence-electron chi connectivity index (χ3n) is 4.00. The molecule has 0 aliphatic carbocycles. The number of unbranched alkanes of at least 4 members (excludes halogenated alkanes) is 2. The minimum absolute atomic E-state index is 1.10. The summed E-state index contributed by atoms with van der Waals surface area (Å²) in [7, 11) is 0. The van der Waals surface area contributed by atoms with Crippen LogP contribution in [-0.2, 0) is 0 Å². The van der Waals surface area contributed by atoms with Crippen LogP contribution in [0.5, 0.6) is 0 Å². The molecule has 0 rings (SSSR count). The Labute approximate surface area is 95.7 Å². The molecule has 1 atom stereocenters. The van der Waals surface area contributed by atoms with E-state index in [0.29, 0.717) is 0 Å². The van der Waals surface area contributed by atoms with Crippen molar-refractivity contribution in [2.45, 2.75) is 77.5 Å². The van der Waals surface area contributed by atoms with Crippen LogP contribution < -0.4 is 0 Å². The van der Waals surface area contributed by atoms with Crippen LogP contribution in [0.25, 0.3) is 0 Å². The zero-order chi connectivity index (χ0) is 11.0. The van der Waals surface area contributed by atoms with Crippen LogP contribution in [0, 0.1) is 0 Å². The molecule has 0 aliphatic rings. The second-order valence-electron chi connectivity index (χ2n) is 5.17. The van der Waals surface area contributed by atoms with E-state index in [4.69, 9.17) is 0 Å². The van der Waals surface area contributed by atoms with Gasteiger partial charge in [-0.3, -0.25) is 0 Å². The van der Waals surface area contributed by atoms with E-state index in [0.717, 1.165) is 3.93 Å². The van der Waals surface area contributed by atoms with Gasteiger partial charge in [-0.2, -0.15) is 0 Å². The van der Waals surface area contributed by atoms with Crippen molar-refractivity contribution < 1.29 is 0 Å². The van der Waals surface area contributed by atoms with E-state index in [9.17, 15) is 0 Å². The molecule has 0 N–H and O–H groups in total. The third-order valence-corrected chi connectivity index (χ3v) is 20.5. The van der Waals surface area contributed by atoms with E-state index in [1.165, 1.54) is 32.1 Å². The maximum absolute atomic E-state index is 2.72. The van der Waals surface area contributed by atoms with E-state index < -0.39 is 18.4 Å². The second-order valence-corrected chi connectivity index (χ2v) is 20.3. The Morgan fingerprint density at radius 3 is 1.64 bits per heavy atom. The molecule has 0 aromatic rings. The minimum atomic E-state index is -1.67. The summed E-state index contributed by atoms with van der Waals surface area (Å²) < 4.78 is 4.38. The van der Waals surface area contributed by atoms with Crippen LogP contribution >= 0.6 is 0 Å². The predicted octanol–water partition coefficient (Wildman–Crippen LogP) is 5.47. The van der Waals surface area contributed by atoms with Gasteiger partial charge in [0.05, 0.1) is 0 Å². The summed E-state index contributed by atoms with van der Waals surface area (Å²) >= 11 is -1.67. The van der Waals surface area contributed by atoms with E-state index in [2.05, 4.69) is 32.6 Å². The number of rotatable bonds is 8. The normalized spacial score (nSPS) is 14.4. The molecular formula is C13H30Sn. The van der Waals surface area contributed by atoms with Crippen molar-refractivity contribution in [2.24, 2.45) is 0 Å². The first-order chi connectivity index (χ1) is 6.60. The summed E-state index contributed by atoms with van der Waals surface area (Å²) in [5, 5.41) is 0. The summed E-state index contributed by atoms with van der Waals surface area (Å²) in [4.78, 5) is 2.72. The van der Waals surface area contributed by atoms with Crippen LogP contribution in [0.2, 0.25) is 17.7 Å². The molecule has 0 aromatic heterocycles. The number of hydrogen-bond acceptors (Lipinski definition) is 0. The topological polar surface area (TPSA) is 0 Å². The van der Waals surface area contributed by atoms with Crippen molar-refractivity contribution in [3.8, 4) is 0 Å². The van der Waals surface area contributed by atoms with E-state index in [1.54, 1.807) is 8.87 Å². The Morgan fingerprint density at radius 2 is 1.36 bits per heavy atom. The maximum atomic E-state index is 2.72. The van der Waals surface area contributed by atoms with Gasteiger partial charge in [-0.05, 0) is 0 Å². The van der Waals surface area contributed by atoms with E-state index in [-0.39, 0.29) is 0 Å². The quantitative estimate of drug-likeness (QED) is 0.522. The van der Waals surface area contributed by atoms with Gasteiger partial charge < -0.3 is 0 Å². The fourth-order valence-electron chi connectivity index (χ4n) is 2.27. The van der Waals surface area contributed by atoms with Crippen molar-refractivity contribution in [1.29, 1.82) is 0 Å². The molecule has 0 radical (unpaired) electrons. The van der Waals surface area contributed by atoms with Gasteiger partial charge in [0.25, 0.3) is 0 Å². The van der Waals surface area contributed by atoms with Crippen molar-refractivity contribution in [1.82, 2.24) is 0 Å². The Hall–Kier alpha value is 0.799. The van der Waals surface area contributed by atoms with E-state index >= 15 is 0 Å². The molecule has 0 amide bonds. The molecule has 0 saturated heterocycles. The van der Waals surface area contributed by atoms with Gasteiger partial charge in [0, 0.05) is 0 Å². The van der Waals surface area contributed by atoms with Gasteiger partial charge in [-0.25, -0.2) is 0 Å². The molecule has 86 valence electrons. The molecule has 0 spiro atoms. The number of hydrogen-bond donors (Lipinski definition) is 0. The first-order valence-corrected chi connectivity index (χ1v) is 15.1. The van der Waals surface area contributed by atoms with Crippen molar-refractivity contribution in [3.63, 3.8) is 0 Å². The molecular weight excluding hydrogens is 275 g/mol. The van der Waals surface area contributed by atoms with Crippen LogP contribution in [0.15, 0.2) is 0 Å². The fraction of sp³-hybridized carbons (Fsp3) is 1.00. The summed E-state index contributed by atoms with van der Waals surface area (Å²) in [5.41, 5.74) is 0. The van der Waals surface area contributed by atoms with Crippen molar-refractivity contribution in [3.05, 3.63) is 0 Å². The molecule has 0 fully saturated rings.